The van der Waals surface area contributed by atoms with Crippen LogP contribution in [0.1, 0.15) is 50.9 Å². The van der Waals surface area contributed by atoms with Crippen molar-refractivity contribution in [2.75, 3.05) is 7.11 Å². The predicted octanol–water partition coefficient (Wildman–Crippen LogP) is 2.85. The summed E-state index contributed by atoms with van der Waals surface area (Å²) in [7, 11) is 1.63. The standard InChI is InChI=1S/C23H25N5O4/c1-14(25-22(30)17-11-20(29)32-23(17)9-3-4-10-23)21-26-19-12-18(24-13-28(19)27-21)15-5-7-16(31-2)8-6-15/h5-8,12-14,17H,3-4,9-11H2,1-2H3,(H,25,30)/t14-,17?/m1/s1. The molecule has 1 amide bonds. The molecule has 9 nitrogen and oxygen atoms in total. The summed E-state index contributed by atoms with van der Waals surface area (Å²) in [5, 5.41) is 7.45. The number of aromatic nitrogens is 4. The number of nitrogens with one attached hydrogen (secondary N) is 1. The van der Waals surface area contributed by atoms with Gasteiger partial charge in [0.1, 0.15) is 17.7 Å². The fourth-order valence-corrected chi connectivity index (χ4v) is 4.74. The lowest BCUT2D eigenvalue weighted by molar-refractivity contribution is -0.150. The molecule has 0 bridgehead atoms. The summed E-state index contributed by atoms with van der Waals surface area (Å²) in [4.78, 5) is 34.0. The number of nitrogens with zero attached hydrogens (tertiary/aromatic N) is 4. The Bertz CT molecular complexity index is 1170. The number of rotatable bonds is 5. The minimum absolute atomic E-state index is 0.131. The summed E-state index contributed by atoms with van der Waals surface area (Å²) in [6.45, 7) is 1.84. The van der Waals surface area contributed by atoms with Gasteiger partial charge in [-0.15, -0.1) is 5.10 Å². The maximum atomic E-state index is 13.0. The van der Waals surface area contributed by atoms with Crippen molar-refractivity contribution in [3.8, 4) is 17.0 Å². The molecule has 1 saturated carbocycles. The topological polar surface area (TPSA) is 108 Å². The van der Waals surface area contributed by atoms with Gasteiger partial charge in [-0.3, -0.25) is 9.59 Å². The van der Waals surface area contributed by atoms with Gasteiger partial charge in [-0.2, -0.15) is 0 Å². The first-order chi connectivity index (χ1) is 15.5. The van der Waals surface area contributed by atoms with E-state index in [0.717, 1.165) is 42.7 Å². The summed E-state index contributed by atoms with van der Waals surface area (Å²) >= 11 is 0. The second-order valence-corrected chi connectivity index (χ2v) is 8.51. The van der Waals surface area contributed by atoms with Gasteiger partial charge in [-0.05, 0) is 56.9 Å². The second kappa shape index (κ2) is 7.89. The highest BCUT2D eigenvalue weighted by molar-refractivity contribution is 5.88. The Morgan fingerprint density at radius 3 is 2.75 bits per heavy atom. The molecule has 1 aromatic carbocycles. The van der Waals surface area contributed by atoms with E-state index in [2.05, 4.69) is 20.4 Å². The van der Waals surface area contributed by atoms with Crippen LogP contribution in [0, 0.1) is 5.92 Å². The molecule has 2 aliphatic rings. The van der Waals surface area contributed by atoms with Crippen LogP contribution in [0.5, 0.6) is 5.75 Å². The molecule has 1 spiro atoms. The van der Waals surface area contributed by atoms with Gasteiger partial charge >= 0.3 is 5.97 Å². The van der Waals surface area contributed by atoms with E-state index >= 15 is 0 Å². The SMILES string of the molecule is COc1ccc(-c2cc3nc([C@@H](C)NC(=O)C4CC(=O)OC45CCCC5)nn3cn2)cc1. The number of amides is 1. The predicted molar refractivity (Wildman–Crippen MR) is 115 cm³/mol. The lowest BCUT2D eigenvalue weighted by atomic mass is 9.85. The molecule has 0 radical (unpaired) electrons. The summed E-state index contributed by atoms with van der Waals surface area (Å²) < 4.78 is 12.4. The van der Waals surface area contributed by atoms with Crippen LogP contribution in [0.4, 0.5) is 0 Å². The van der Waals surface area contributed by atoms with Crippen LogP contribution in [0.15, 0.2) is 36.7 Å². The summed E-state index contributed by atoms with van der Waals surface area (Å²) in [5.74, 6) is 0.333. The molecule has 166 valence electrons. The second-order valence-electron chi connectivity index (χ2n) is 8.51. The number of hydrogen-bond donors (Lipinski definition) is 1. The van der Waals surface area contributed by atoms with Crippen molar-refractivity contribution < 1.29 is 19.1 Å². The highest BCUT2D eigenvalue weighted by Gasteiger charge is 2.54. The molecule has 1 aliphatic heterocycles. The van der Waals surface area contributed by atoms with Gasteiger partial charge in [-0.25, -0.2) is 14.5 Å². The molecule has 5 rings (SSSR count). The van der Waals surface area contributed by atoms with E-state index in [0.29, 0.717) is 11.5 Å². The van der Waals surface area contributed by atoms with Crippen molar-refractivity contribution in [2.24, 2.45) is 5.92 Å². The third-order valence-electron chi connectivity index (χ3n) is 6.47. The Morgan fingerprint density at radius 2 is 2.03 bits per heavy atom. The molecule has 2 aromatic heterocycles. The Labute approximate surface area is 185 Å². The first kappa shape index (κ1) is 20.4. The lowest BCUT2D eigenvalue weighted by Gasteiger charge is -2.28. The van der Waals surface area contributed by atoms with E-state index in [1.165, 1.54) is 0 Å². The van der Waals surface area contributed by atoms with E-state index < -0.39 is 17.6 Å². The quantitative estimate of drug-likeness (QED) is 0.614. The van der Waals surface area contributed by atoms with E-state index in [-0.39, 0.29) is 18.3 Å². The van der Waals surface area contributed by atoms with E-state index in [9.17, 15) is 9.59 Å². The van der Waals surface area contributed by atoms with Crippen LogP contribution in [-0.2, 0) is 14.3 Å². The van der Waals surface area contributed by atoms with Gasteiger partial charge in [0.05, 0.1) is 31.2 Å². The molecular formula is C23H25N5O4. The zero-order valence-corrected chi connectivity index (χ0v) is 18.1. The van der Waals surface area contributed by atoms with Crippen LogP contribution in [-0.4, -0.2) is 44.2 Å². The van der Waals surface area contributed by atoms with Crippen LogP contribution in [0.25, 0.3) is 16.9 Å². The number of esters is 1. The number of carbonyl (C=O) groups is 2. The first-order valence-corrected chi connectivity index (χ1v) is 10.9. The number of fused-ring (bicyclic) bond motifs is 1. The van der Waals surface area contributed by atoms with Gasteiger partial charge in [0.15, 0.2) is 11.5 Å². The number of ether oxygens (including phenoxy) is 2. The van der Waals surface area contributed by atoms with Gasteiger partial charge in [0.25, 0.3) is 0 Å². The monoisotopic (exact) mass is 435 g/mol. The smallest absolute Gasteiger partial charge is 0.307 e. The van der Waals surface area contributed by atoms with Gasteiger partial charge < -0.3 is 14.8 Å². The average molecular weight is 435 g/mol. The lowest BCUT2D eigenvalue weighted by Crippen LogP contribution is -2.43. The molecule has 1 saturated heterocycles. The molecule has 9 heteroatoms. The normalized spacial score (nSPS) is 20.4. The Hall–Kier alpha value is -3.49. The molecule has 1 N–H and O–H groups in total. The van der Waals surface area contributed by atoms with Crippen molar-refractivity contribution in [3.05, 3.63) is 42.5 Å². The molecular weight excluding hydrogens is 410 g/mol. The van der Waals surface area contributed by atoms with Crippen molar-refractivity contribution in [2.45, 2.75) is 50.7 Å². The van der Waals surface area contributed by atoms with Gasteiger partial charge in [-0.1, -0.05) is 0 Å². The largest absolute Gasteiger partial charge is 0.497 e. The fourth-order valence-electron chi connectivity index (χ4n) is 4.74. The summed E-state index contributed by atoms with van der Waals surface area (Å²) in [5.41, 5.74) is 1.70. The minimum Gasteiger partial charge on any atom is -0.497 e. The van der Waals surface area contributed by atoms with Crippen molar-refractivity contribution in [1.29, 1.82) is 0 Å². The fraction of sp³-hybridized carbons (Fsp3) is 0.435. The van der Waals surface area contributed by atoms with Gasteiger partial charge in [0, 0.05) is 11.6 Å². The summed E-state index contributed by atoms with van der Waals surface area (Å²) in [6.07, 6.45) is 5.19. The zero-order chi connectivity index (χ0) is 22.3. The number of methoxy groups -OCH3 is 1. The highest BCUT2D eigenvalue weighted by atomic mass is 16.6. The number of benzene rings is 1. The third-order valence-corrected chi connectivity index (χ3v) is 6.47. The van der Waals surface area contributed by atoms with E-state index in [1.807, 2.05) is 37.3 Å². The molecule has 32 heavy (non-hydrogen) atoms. The average Bonchev–Trinajstić information content (AvgIpc) is 3.52. The zero-order valence-electron chi connectivity index (χ0n) is 18.1. The van der Waals surface area contributed by atoms with Crippen molar-refractivity contribution in [3.63, 3.8) is 0 Å². The molecule has 2 fully saturated rings. The van der Waals surface area contributed by atoms with Gasteiger partial charge in [0.2, 0.25) is 5.91 Å². The van der Waals surface area contributed by atoms with Crippen LogP contribution >= 0.6 is 0 Å². The van der Waals surface area contributed by atoms with Crippen LogP contribution < -0.4 is 10.1 Å². The number of hydrogen-bond acceptors (Lipinski definition) is 7. The highest BCUT2D eigenvalue weighted by Crippen LogP contribution is 2.45. The minimum atomic E-state index is -0.635. The van der Waals surface area contributed by atoms with E-state index in [4.69, 9.17) is 9.47 Å². The van der Waals surface area contributed by atoms with Crippen molar-refractivity contribution in [1.82, 2.24) is 24.9 Å². The molecule has 2 atom stereocenters. The Kier molecular flexibility index (Phi) is 5.03. The van der Waals surface area contributed by atoms with Crippen LogP contribution in [0.2, 0.25) is 0 Å². The van der Waals surface area contributed by atoms with E-state index in [1.54, 1.807) is 18.0 Å². The third kappa shape index (κ3) is 3.57. The number of carbonyl (C=O) groups excluding carboxylic acids is 2. The molecule has 1 aliphatic carbocycles. The first-order valence-electron chi connectivity index (χ1n) is 10.9. The maximum absolute atomic E-state index is 13.0. The van der Waals surface area contributed by atoms with Crippen LogP contribution in [0.3, 0.4) is 0 Å². The molecule has 3 heterocycles. The Balaban J connectivity index is 1.34. The molecule has 1 unspecified atom stereocenters. The molecule has 3 aromatic rings. The van der Waals surface area contributed by atoms with Crippen molar-refractivity contribution >= 4 is 17.5 Å². The Morgan fingerprint density at radius 1 is 1.28 bits per heavy atom. The summed E-state index contributed by atoms with van der Waals surface area (Å²) in [6, 6.07) is 9.05. The maximum Gasteiger partial charge on any atom is 0.307 e.